The molecule has 0 unspecified atom stereocenters. The molecule has 2 aromatic rings. The van der Waals surface area contributed by atoms with Gasteiger partial charge in [0.05, 0.1) is 0 Å². The van der Waals surface area contributed by atoms with E-state index in [0.717, 1.165) is 5.39 Å². The predicted octanol–water partition coefficient (Wildman–Crippen LogP) is 1.27. The number of rotatable bonds is 2. The summed E-state index contributed by atoms with van der Waals surface area (Å²) in [6.07, 6.45) is 1.67. The fraction of sp³-hybridized carbons (Fsp3) is 0.167. The van der Waals surface area contributed by atoms with Crippen LogP contribution in [0.5, 0.6) is 5.75 Å². The van der Waals surface area contributed by atoms with Crippen LogP contribution in [0.1, 0.15) is 0 Å². The number of hydrogen-bond donors (Lipinski definition) is 4. The van der Waals surface area contributed by atoms with E-state index in [1.54, 1.807) is 18.3 Å². The van der Waals surface area contributed by atoms with Gasteiger partial charge in [0.25, 0.3) is 0 Å². The Morgan fingerprint density at radius 2 is 2.00 bits per heavy atom. The third-order valence-electron chi connectivity index (χ3n) is 2.13. The van der Waals surface area contributed by atoms with Crippen molar-refractivity contribution in [3.05, 3.63) is 36.5 Å². The summed E-state index contributed by atoms with van der Waals surface area (Å²) < 4.78 is 0. The van der Waals surface area contributed by atoms with E-state index in [1.807, 2.05) is 18.2 Å². The van der Waals surface area contributed by atoms with Crippen LogP contribution in [0.15, 0.2) is 36.5 Å². The summed E-state index contributed by atoms with van der Waals surface area (Å²) >= 11 is 3.65. The quantitative estimate of drug-likeness (QED) is 0.624. The van der Waals surface area contributed by atoms with Crippen LogP contribution in [0.25, 0.3) is 10.9 Å². The molecule has 1 aromatic heterocycles. The number of carboxylic acids is 1. The molecule has 7 heteroatoms. The zero-order valence-electron chi connectivity index (χ0n) is 9.86. The van der Waals surface area contributed by atoms with Gasteiger partial charge in [-0.2, -0.15) is 12.6 Å². The van der Waals surface area contributed by atoms with Crippen LogP contribution in [0.2, 0.25) is 0 Å². The Balaban J connectivity index is 0.000000360. The molecule has 0 bridgehead atoms. The average Bonchev–Trinajstić information content (AvgIpc) is 2.39. The molecule has 1 aromatic carbocycles. The number of carbonyl (C=O) groups is 1. The maximum Gasteiger partial charge on any atom is 0.321 e. The monoisotopic (exact) mass is 325 g/mol. The maximum absolute atomic E-state index is 9.76. The number of nitrogens with zero attached hydrogens (tertiary/aromatic N) is 1. The van der Waals surface area contributed by atoms with E-state index >= 15 is 0 Å². The molecule has 0 saturated carbocycles. The maximum atomic E-state index is 9.76. The Labute approximate surface area is 126 Å². The molecule has 0 amide bonds. The molecule has 1 heterocycles. The third kappa shape index (κ3) is 5.47. The van der Waals surface area contributed by atoms with Crippen molar-refractivity contribution in [3.63, 3.8) is 0 Å². The first-order chi connectivity index (χ1) is 8.56. The second-order valence-corrected chi connectivity index (χ2v) is 3.84. The minimum atomic E-state index is -1.00. The van der Waals surface area contributed by atoms with Gasteiger partial charge in [0, 0.05) is 34.1 Å². The van der Waals surface area contributed by atoms with Crippen LogP contribution < -0.4 is 5.73 Å². The number of pyridine rings is 1. The summed E-state index contributed by atoms with van der Waals surface area (Å²) in [5.74, 6) is -0.576. The number of para-hydroxylation sites is 1. The van der Waals surface area contributed by atoms with Crippen LogP contribution in [0, 0.1) is 0 Å². The molecule has 5 nitrogen and oxygen atoms in total. The van der Waals surface area contributed by atoms with Crippen molar-refractivity contribution >= 4 is 29.5 Å². The van der Waals surface area contributed by atoms with Gasteiger partial charge in [-0.1, -0.05) is 18.2 Å². The number of nitrogens with two attached hydrogens (primary N) is 1. The molecule has 4 N–H and O–H groups in total. The molecule has 1 radical (unpaired) electrons. The summed E-state index contributed by atoms with van der Waals surface area (Å²) in [6.45, 7) is 0. The van der Waals surface area contributed by atoms with Gasteiger partial charge in [0.2, 0.25) is 0 Å². The third-order valence-corrected chi connectivity index (χ3v) is 2.52. The van der Waals surface area contributed by atoms with Crippen LogP contribution in [0.3, 0.4) is 0 Å². The van der Waals surface area contributed by atoms with E-state index in [1.165, 1.54) is 0 Å². The normalized spacial score (nSPS) is 10.8. The number of thiol groups is 1. The van der Waals surface area contributed by atoms with E-state index in [4.69, 9.17) is 10.8 Å². The second-order valence-electron chi connectivity index (χ2n) is 3.48. The van der Waals surface area contributed by atoms with Gasteiger partial charge in [0.15, 0.2) is 0 Å². The van der Waals surface area contributed by atoms with Crippen LogP contribution in [0.4, 0.5) is 0 Å². The summed E-state index contributed by atoms with van der Waals surface area (Å²) in [5, 5.41) is 18.3. The number of aliphatic carboxylic acids is 1. The Hall–Kier alpha value is -1.28. The molecule has 0 fully saturated rings. The minimum absolute atomic E-state index is 0. The van der Waals surface area contributed by atoms with E-state index in [9.17, 15) is 9.90 Å². The fourth-order valence-electron chi connectivity index (χ4n) is 1.17. The summed E-state index contributed by atoms with van der Waals surface area (Å²) in [6, 6.07) is 8.31. The molecular formula is C12H14CoN2O3S. The summed E-state index contributed by atoms with van der Waals surface area (Å²) in [7, 11) is 0. The molecule has 0 saturated heterocycles. The van der Waals surface area contributed by atoms with Gasteiger partial charge in [-0.05, 0) is 12.1 Å². The Bertz CT molecular complexity index is 534. The SMILES string of the molecule is N[C@@H](CS)C(=O)O.Oc1cccc2cccnc12.[Co]. The molecule has 0 aliphatic carbocycles. The first kappa shape index (κ1) is 17.7. The number of hydrogen-bond acceptors (Lipinski definition) is 5. The Kier molecular flexibility index (Phi) is 8.16. The van der Waals surface area contributed by atoms with Crippen molar-refractivity contribution in [1.29, 1.82) is 0 Å². The number of aromatic hydroxyl groups is 1. The predicted molar refractivity (Wildman–Crippen MR) is 72.9 cm³/mol. The van der Waals surface area contributed by atoms with Crippen molar-refractivity contribution < 1.29 is 31.8 Å². The van der Waals surface area contributed by atoms with E-state index in [-0.39, 0.29) is 28.3 Å². The van der Waals surface area contributed by atoms with Gasteiger partial charge < -0.3 is 15.9 Å². The molecule has 1 atom stereocenters. The van der Waals surface area contributed by atoms with Crippen LogP contribution in [-0.4, -0.2) is 33.0 Å². The number of aromatic nitrogens is 1. The number of fused-ring (bicyclic) bond motifs is 1. The zero-order chi connectivity index (χ0) is 13.5. The van der Waals surface area contributed by atoms with Crippen LogP contribution in [-0.2, 0) is 21.6 Å². The minimum Gasteiger partial charge on any atom is -0.506 e. The van der Waals surface area contributed by atoms with Gasteiger partial charge in [-0.15, -0.1) is 0 Å². The first-order valence-corrected chi connectivity index (χ1v) is 5.81. The standard InChI is InChI=1S/C9H7NO.C3H7NO2S.Co/c11-8-5-1-3-7-4-2-6-10-9(7)8;4-2(1-7)3(5)6;/h1-6,11H;2,7H,1,4H2,(H,5,6);/t;2-;/m.0./s1. The van der Waals surface area contributed by atoms with Crippen molar-refractivity contribution in [1.82, 2.24) is 4.98 Å². The van der Waals surface area contributed by atoms with Crippen LogP contribution >= 0.6 is 12.6 Å². The molecule has 0 aliphatic heterocycles. The van der Waals surface area contributed by atoms with Crippen molar-refractivity contribution in [2.24, 2.45) is 5.73 Å². The smallest absolute Gasteiger partial charge is 0.321 e. The molecule has 105 valence electrons. The van der Waals surface area contributed by atoms with Crippen molar-refractivity contribution in [2.75, 3.05) is 5.75 Å². The van der Waals surface area contributed by atoms with Gasteiger partial charge in [-0.25, -0.2) is 0 Å². The molecule has 0 spiro atoms. The number of carboxylic acid groups (broad SMARTS) is 1. The van der Waals surface area contributed by atoms with Gasteiger partial charge in [0.1, 0.15) is 17.3 Å². The number of phenols is 1. The summed E-state index contributed by atoms with van der Waals surface area (Å²) in [4.78, 5) is 13.8. The van der Waals surface area contributed by atoms with Gasteiger partial charge >= 0.3 is 5.97 Å². The number of phenolic OH excluding ortho intramolecular Hbond substituents is 1. The Morgan fingerprint density at radius 1 is 1.37 bits per heavy atom. The van der Waals surface area contributed by atoms with E-state index in [0.29, 0.717) is 5.52 Å². The Morgan fingerprint density at radius 3 is 2.47 bits per heavy atom. The number of benzene rings is 1. The average molecular weight is 325 g/mol. The van der Waals surface area contributed by atoms with E-state index < -0.39 is 12.0 Å². The largest absolute Gasteiger partial charge is 0.506 e. The topological polar surface area (TPSA) is 96.4 Å². The first-order valence-electron chi connectivity index (χ1n) is 5.18. The molecular weight excluding hydrogens is 311 g/mol. The molecule has 0 aliphatic rings. The summed E-state index contributed by atoms with van der Waals surface area (Å²) in [5.41, 5.74) is 5.60. The zero-order valence-corrected chi connectivity index (χ0v) is 11.8. The fourth-order valence-corrected chi connectivity index (χ4v) is 1.32. The van der Waals surface area contributed by atoms with Gasteiger partial charge in [-0.3, -0.25) is 9.78 Å². The van der Waals surface area contributed by atoms with Crippen molar-refractivity contribution in [3.8, 4) is 5.75 Å². The van der Waals surface area contributed by atoms with E-state index in [2.05, 4.69) is 17.6 Å². The van der Waals surface area contributed by atoms with Crippen molar-refractivity contribution in [2.45, 2.75) is 6.04 Å². The molecule has 2 rings (SSSR count). The molecule has 19 heavy (non-hydrogen) atoms. The second kappa shape index (κ2) is 8.76.